The fourth-order valence-corrected chi connectivity index (χ4v) is 4.74. The third kappa shape index (κ3) is 5.32. The average molecular weight is 485 g/mol. The van der Waals surface area contributed by atoms with E-state index in [0.717, 1.165) is 13.0 Å². The van der Waals surface area contributed by atoms with E-state index in [1.165, 1.54) is 16.2 Å². The average Bonchev–Trinajstić information content (AvgIpc) is 3.42. The fourth-order valence-electron chi connectivity index (χ4n) is 3.45. The summed E-state index contributed by atoms with van der Waals surface area (Å²) in [6, 6.07) is 5.37. The largest absolute Gasteiger partial charge is 0.385 e. The Morgan fingerprint density at radius 2 is 2.09 bits per heavy atom. The van der Waals surface area contributed by atoms with Crippen molar-refractivity contribution in [3.05, 3.63) is 63.9 Å². The summed E-state index contributed by atoms with van der Waals surface area (Å²) in [7, 11) is 1.62. The maximum Gasteiger partial charge on any atom is 0.267 e. The van der Waals surface area contributed by atoms with Crippen LogP contribution >= 0.6 is 24.0 Å². The van der Waals surface area contributed by atoms with Crippen LogP contribution < -0.4 is 10.9 Å². The Bertz CT molecular complexity index is 1240. The number of amides is 1. The second kappa shape index (κ2) is 10.7. The van der Waals surface area contributed by atoms with Crippen molar-refractivity contribution in [2.45, 2.75) is 19.4 Å². The van der Waals surface area contributed by atoms with Crippen LogP contribution in [0.1, 0.15) is 18.4 Å². The summed E-state index contributed by atoms with van der Waals surface area (Å²) >= 11 is 6.59. The van der Waals surface area contributed by atoms with Crippen molar-refractivity contribution in [1.82, 2.24) is 23.8 Å². The minimum absolute atomic E-state index is 0.204. The first kappa shape index (κ1) is 23.1. The van der Waals surface area contributed by atoms with Gasteiger partial charge >= 0.3 is 0 Å². The van der Waals surface area contributed by atoms with Crippen LogP contribution in [-0.4, -0.2) is 60.9 Å². The molecule has 0 radical (unpaired) electrons. The molecule has 11 heteroatoms. The molecule has 0 atom stereocenters. The topological polar surface area (TPSA) is 93.8 Å². The molecule has 1 fully saturated rings. The first-order valence-electron chi connectivity index (χ1n) is 10.5. The number of hydrogen-bond acceptors (Lipinski definition) is 8. The molecular formula is C22H24N6O3S2. The summed E-state index contributed by atoms with van der Waals surface area (Å²) in [5.41, 5.74) is 0.616. The van der Waals surface area contributed by atoms with Gasteiger partial charge < -0.3 is 14.6 Å². The molecule has 3 aromatic rings. The van der Waals surface area contributed by atoms with Crippen molar-refractivity contribution in [3.63, 3.8) is 0 Å². The predicted octanol–water partition coefficient (Wildman–Crippen LogP) is 2.63. The molecule has 0 spiro atoms. The number of carbonyl (C=O) groups excluding carboxylic acids is 1. The van der Waals surface area contributed by atoms with Gasteiger partial charge in [-0.2, -0.15) is 0 Å². The van der Waals surface area contributed by atoms with Crippen molar-refractivity contribution in [2.75, 3.05) is 32.1 Å². The van der Waals surface area contributed by atoms with Crippen molar-refractivity contribution < 1.29 is 9.53 Å². The first-order valence-corrected chi connectivity index (χ1v) is 11.8. The molecule has 0 bridgehead atoms. The molecule has 0 aromatic carbocycles. The number of hydrogen-bond donors (Lipinski definition) is 1. The highest BCUT2D eigenvalue weighted by atomic mass is 32.2. The molecule has 3 aromatic heterocycles. The van der Waals surface area contributed by atoms with Crippen molar-refractivity contribution >= 4 is 51.7 Å². The summed E-state index contributed by atoms with van der Waals surface area (Å²) in [5.74, 6) is 0.242. The third-order valence-corrected chi connectivity index (χ3v) is 6.47. The molecule has 0 unspecified atom stereocenters. The van der Waals surface area contributed by atoms with Gasteiger partial charge in [-0.3, -0.25) is 18.9 Å². The minimum Gasteiger partial charge on any atom is -0.385 e. The number of imidazole rings is 1. The molecular weight excluding hydrogens is 460 g/mol. The molecule has 4 rings (SSSR count). The lowest BCUT2D eigenvalue weighted by molar-refractivity contribution is -0.122. The van der Waals surface area contributed by atoms with Gasteiger partial charge in [0.15, 0.2) is 0 Å². The first-order chi connectivity index (χ1) is 16.1. The number of thioether (sulfide) groups is 1. The van der Waals surface area contributed by atoms with Gasteiger partial charge in [-0.25, -0.2) is 9.97 Å². The van der Waals surface area contributed by atoms with E-state index in [-0.39, 0.29) is 11.5 Å². The molecule has 4 heterocycles. The van der Waals surface area contributed by atoms with E-state index in [4.69, 9.17) is 17.0 Å². The number of carbonyl (C=O) groups is 1. The smallest absolute Gasteiger partial charge is 0.267 e. The van der Waals surface area contributed by atoms with E-state index in [2.05, 4.69) is 15.3 Å². The molecule has 1 amide bonds. The van der Waals surface area contributed by atoms with Crippen LogP contribution in [0.3, 0.4) is 0 Å². The maximum atomic E-state index is 13.3. The van der Waals surface area contributed by atoms with E-state index in [1.807, 2.05) is 16.8 Å². The number of methoxy groups -OCH3 is 1. The SMILES string of the molecule is COCCCN1C(=O)/C(=C/c2c(NCCCn3ccnc3)nc3ccccn3c2=O)SC1=S. The Balaban J connectivity index is 1.60. The number of thiocarbonyl (C=S) groups is 1. The number of anilines is 1. The van der Waals surface area contributed by atoms with E-state index in [0.29, 0.717) is 52.4 Å². The van der Waals surface area contributed by atoms with Crippen LogP contribution in [0.25, 0.3) is 11.7 Å². The zero-order valence-corrected chi connectivity index (χ0v) is 19.8. The molecule has 1 aliphatic heterocycles. The molecule has 1 saturated heterocycles. The summed E-state index contributed by atoms with van der Waals surface area (Å²) in [6.07, 6.45) is 10.2. The number of fused-ring (bicyclic) bond motifs is 1. The van der Waals surface area contributed by atoms with Gasteiger partial charge in [0.1, 0.15) is 15.8 Å². The van der Waals surface area contributed by atoms with Gasteiger partial charge in [0, 0.05) is 51.9 Å². The number of aromatic nitrogens is 4. The van der Waals surface area contributed by atoms with E-state index in [9.17, 15) is 9.59 Å². The Morgan fingerprint density at radius 3 is 2.88 bits per heavy atom. The summed E-state index contributed by atoms with van der Waals surface area (Å²) < 4.78 is 9.01. The normalized spacial score (nSPS) is 15.2. The van der Waals surface area contributed by atoms with E-state index < -0.39 is 0 Å². The Kier molecular flexibility index (Phi) is 7.53. The molecule has 33 heavy (non-hydrogen) atoms. The number of ether oxygens (including phenoxy) is 1. The van der Waals surface area contributed by atoms with Crippen LogP contribution in [0.4, 0.5) is 5.82 Å². The van der Waals surface area contributed by atoms with Crippen LogP contribution in [0, 0.1) is 0 Å². The summed E-state index contributed by atoms with van der Waals surface area (Å²) in [4.78, 5) is 36.9. The Morgan fingerprint density at radius 1 is 1.21 bits per heavy atom. The monoisotopic (exact) mass is 484 g/mol. The quantitative estimate of drug-likeness (QED) is 0.267. The number of nitrogens with zero attached hydrogens (tertiary/aromatic N) is 5. The van der Waals surface area contributed by atoms with Gasteiger partial charge in [-0.15, -0.1) is 0 Å². The summed E-state index contributed by atoms with van der Waals surface area (Å²) in [6.45, 7) is 2.41. The zero-order valence-electron chi connectivity index (χ0n) is 18.1. The van der Waals surface area contributed by atoms with Crippen LogP contribution in [0.15, 0.2) is 52.8 Å². The highest BCUT2D eigenvalue weighted by molar-refractivity contribution is 8.26. The zero-order chi connectivity index (χ0) is 23.2. The molecule has 172 valence electrons. The molecule has 1 N–H and O–H groups in total. The van der Waals surface area contributed by atoms with Crippen molar-refractivity contribution in [2.24, 2.45) is 0 Å². The second-order valence-electron chi connectivity index (χ2n) is 7.37. The number of rotatable bonds is 10. The molecule has 0 saturated carbocycles. The third-order valence-electron chi connectivity index (χ3n) is 5.09. The van der Waals surface area contributed by atoms with Crippen LogP contribution in [0.2, 0.25) is 0 Å². The van der Waals surface area contributed by atoms with E-state index in [1.54, 1.807) is 48.9 Å². The molecule has 0 aliphatic carbocycles. The highest BCUT2D eigenvalue weighted by Crippen LogP contribution is 2.33. The van der Waals surface area contributed by atoms with E-state index >= 15 is 0 Å². The Hall–Kier alpha value is -3.02. The lowest BCUT2D eigenvalue weighted by Gasteiger charge is -2.13. The number of pyridine rings is 1. The van der Waals surface area contributed by atoms with Gasteiger partial charge in [-0.05, 0) is 31.1 Å². The lowest BCUT2D eigenvalue weighted by Crippen LogP contribution is -2.29. The van der Waals surface area contributed by atoms with Crippen LogP contribution in [0.5, 0.6) is 0 Å². The van der Waals surface area contributed by atoms with Crippen molar-refractivity contribution in [1.29, 1.82) is 0 Å². The number of aryl methyl sites for hydroxylation is 1. The fraction of sp³-hybridized carbons (Fsp3) is 0.318. The van der Waals surface area contributed by atoms with Crippen molar-refractivity contribution in [3.8, 4) is 0 Å². The highest BCUT2D eigenvalue weighted by Gasteiger charge is 2.32. The standard InChI is InChI=1S/C22H24N6O3S2/c1-31-13-5-11-28-21(30)17(33-22(28)32)14-16-19(24-7-4-9-26-12-8-23-15-26)25-18-6-2-3-10-27(18)20(16)29/h2-3,6,8,10,12,14-15,24H,4-5,7,9,11,13H2,1H3/b17-14-. The maximum absolute atomic E-state index is 13.3. The molecule has 1 aliphatic rings. The Labute approximate surface area is 200 Å². The van der Waals surface area contributed by atoms with Gasteiger partial charge in [0.05, 0.1) is 16.8 Å². The minimum atomic E-state index is -0.248. The number of nitrogens with one attached hydrogen (secondary N) is 1. The van der Waals surface area contributed by atoms with Gasteiger partial charge in [0.25, 0.3) is 11.5 Å². The molecule has 9 nitrogen and oxygen atoms in total. The second-order valence-corrected chi connectivity index (χ2v) is 9.04. The van der Waals surface area contributed by atoms with Gasteiger partial charge in [0.2, 0.25) is 0 Å². The van der Waals surface area contributed by atoms with Crippen LogP contribution in [-0.2, 0) is 16.1 Å². The van der Waals surface area contributed by atoms with Gasteiger partial charge in [-0.1, -0.05) is 30.0 Å². The summed E-state index contributed by atoms with van der Waals surface area (Å²) in [5, 5.41) is 3.28. The predicted molar refractivity (Wildman–Crippen MR) is 133 cm³/mol. The lowest BCUT2D eigenvalue weighted by atomic mass is 10.2.